The lowest BCUT2D eigenvalue weighted by molar-refractivity contribution is 0.238. The zero-order valence-corrected chi connectivity index (χ0v) is 11.5. The Kier molecular flexibility index (Phi) is 3.65. The summed E-state index contributed by atoms with van der Waals surface area (Å²) in [5.41, 5.74) is 0. The van der Waals surface area contributed by atoms with Crippen LogP contribution in [-0.2, 0) is 9.16 Å². The Balaban J connectivity index is 2.68. The van der Waals surface area contributed by atoms with Gasteiger partial charge in [-0.1, -0.05) is 20.8 Å². The Bertz CT molecular complexity index is 272. The summed E-state index contributed by atoms with van der Waals surface area (Å²) in [7, 11) is -1.67. The molecular formula is C12H22O2Si. The van der Waals surface area contributed by atoms with Crippen LogP contribution >= 0.6 is 0 Å². The Morgan fingerprint density at radius 2 is 2.00 bits per heavy atom. The second-order valence-corrected chi connectivity index (χ2v) is 10.2. The molecule has 0 N–H and O–H groups in total. The van der Waals surface area contributed by atoms with Gasteiger partial charge in [-0.05, 0) is 30.3 Å². The molecule has 0 aromatic carbocycles. The number of allylic oxidation sites excluding steroid dienone is 2. The summed E-state index contributed by atoms with van der Waals surface area (Å²) in [5.74, 6) is 1.07. The predicted octanol–water partition coefficient (Wildman–Crippen LogP) is 3.83. The minimum atomic E-state index is -1.67. The number of hydrogen-bond donors (Lipinski definition) is 0. The highest BCUT2D eigenvalue weighted by molar-refractivity contribution is 6.74. The van der Waals surface area contributed by atoms with Crippen LogP contribution in [-0.4, -0.2) is 14.9 Å². The van der Waals surface area contributed by atoms with Gasteiger partial charge in [-0.3, -0.25) is 0 Å². The van der Waals surface area contributed by atoms with Crippen molar-refractivity contribution in [2.75, 3.05) is 6.61 Å². The van der Waals surface area contributed by atoms with Crippen LogP contribution < -0.4 is 0 Å². The molecule has 0 amide bonds. The van der Waals surface area contributed by atoms with Crippen LogP contribution in [0.25, 0.3) is 0 Å². The summed E-state index contributed by atoms with van der Waals surface area (Å²) in [4.78, 5) is 0. The van der Waals surface area contributed by atoms with Crippen LogP contribution in [0.3, 0.4) is 0 Å². The van der Waals surface area contributed by atoms with Gasteiger partial charge in [-0.15, -0.1) is 0 Å². The number of hydrogen-bond acceptors (Lipinski definition) is 2. The van der Waals surface area contributed by atoms with Gasteiger partial charge in [0.25, 0.3) is 0 Å². The second-order valence-electron chi connectivity index (χ2n) is 5.44. The standard InChI is InChI=1S/C12H22O2Si/c1-12(2,3)15(4,5)14-11-7-6-9-13-10-8-11/h6-7,9H,8,10H2,1-5H3. The fraction of sp³-hybridized carbons (Fsp3) is 0.667. The summed E-state index contributed by atoms with van der Waals surface area (Å²) < 4.78 is 11.4. The molecule has 2 nitrogen and oxygen atoms in total. The lowest BCUT2D eigenvalue weighted by atomic mass is 10.2. The van der Waals surface area contributed by atoms with Gasteiger partial charge in [0, 0.05) is 6.42 Å². The molecule has 0 aliphatic carbocycles. The first kappa shape index (κ1) is 12.4. The first-order chi connectivity index (χ1) is 6.83. The normalized spacial score (nSPS) is 17.8. The van der Waals surface area contributed by atoms with E-state index in [0.29, 0.717) is 0 Å². The summed E-state index contributed by atoms with van der Waals surface area (Å²) in [5, 5.41) is 0.255. The van der Waals surface area contributed by atoms with Crippen molar-refractivity contribution >= 4 is 8.32 Å². The van der Waals surface area contributed by atoms with E-state index >= 15 is 0 Å². The molecule has 0 unspecified atom stereocenters. The summed E-state index contributed by atoms with van der Waals surface area (Å²) in [6, 6.07) is 0. The van der Waals surface area contributed by atoms with Crippen molar-refractivity contribution in [1.82, 2.24) is 0 Å². The summed E-state index contributed by atoms with van der Waals surface area (Å²) in [6.07, 6.45) is 6.53. The molecule has 1 aliphatic heterocycles. The van der Waals surface area contributed by atoms with Gasteiger partial charge in [-0.2, -0.15) is 0 Å². The molecule has 0 fully saturated rings. The quantitative estimate of drug-likeness (QED) is 0.666. The van der Waals surface area contributed by atoms with Crippen molar-refractivity contribution in [3.63, 3.8) is 0 Å². The van der Waals surface area contributed by atoms with Gasteiger partial charge < -0.3 is 9.16 Å². The van der Waals surface area contributed by atoms with E-state index in [2.05, 4.69) is 33.9 Å². The molecule has 1 aliphatic rings. The molecule has 0 aromatic heterocycles. The van der Waals surface area contributed by atoms with Crippen molar-refractivity contribution in [1.29, 1.82) is 0 Å². The molecule has 86 valence electrons. The van der Waals surface area contributed by atoms with Gasteiger partial charge in [0.15, 0.2) is 0 Å². The van der Waals surface area contributed by atoms with Crippen molar-refractivity contribution in [2.45, 2.75) is 45.3 Å². The van der Waals surface area contributed by atoms with E-state index in [1.165, 1.54) is 0 Å². The first-order valence-electron chi connectivity index (χ1n) is 5.49. The van der Waals surface area contributed by atoms with Crippen LogP contribution in [0.4, 0.5) is 0 Å². The smallest absolute Gasteiger partial charge is 0.250 e. The molecule has 15 heavy (non-hydrogen) atoms. The third-order valence-corrected chi connectivity index (χ3v) is 7.50. The third kappa shape index (κ3) is 3.41. The maximum absolute atomic E-state index is 6.19. The fourth-order valence-corrected chi connectivity index (χ4v) is 2.21. The topological polar surface area (TPSA) is 18.5 Å². The van der Waals surface area contributed by atoms with E-state index in [1.807, 2.05) is 12.2 Å². The van der Waals surface area contributed by atoms with Crippen LogP contribution in [0.5, 0.6) is 0 Å². The fourth-order valence-electron chi connectivity index (χ4n) is 1.08. The van der Waals surface area contributed by atoms with Crippen LogP contribution in [0, 0.1) is 0 Å². The third-order valence-electron chi connectivity index (χ3n) is 3.12. The van der Waals surface area contributed by atoms with E-state index in [-0.39, 0.29) is 5.04 Å². The van der Waals surface area contributed by atoms with E-state index < -0.39 is 8.32 Å². The van der Waals surface area contributed by atoms with E-state index in [1.54, 1.807) is 6.26 Å². The molecule has 0 radical (unpaired) electrons. The van der Waals surface area contributed by atoms with Gasteiger partial charge in [0.1, 0.15) is 0 Å². The highest BCUT2D eigenvalue weighted by atomic mass is 28.4. The summed E-state index contributed by atoms with van der Waals surface area (Å²) >= 11 is 0. The van der Waals surface area contributed by atoms with Gasteiger partial charge in [0.2, 0.25) is 8.32 Å². The molecule has 0 bridgehead atoms. The number of rotatable bonds is 2. The van der Waals surface area contributed by atoms with Crippen LogP contribution in [0.2, 0.25) is 18.1 Å². The van der Waals surface area contributed by atoms with Crippen molar-refractivity contribution in [3.8, 4) is 0 Å². The van der Waals surface area contributed by atoms with Crippen molar-refractivity contribution < 1.29 is 9.16 Å². The lowest BCUT2D eigenvalue weighted by Crippen LogP contribution is -2.40. The average molecular weight is 226 g/mol. The maximum Gasteiger partial charge on any atom is 0.250 e. The van der Waals surface area contributed by atoms with Crippen LogP contribution in [0.15, 0.2) is 24.2 Å². The Hall–Kier alpha value is -0.703. The van der Waals surface area contributed by atoms with Gasteiger partial charge >= 0.3 is 0 Å². The SMILES string of the molecule is CC(C)(C)[Si](C)(C)OC1=CC=COCC1. The van der Waals surface area contributed by atoms with E-state index in [9.17, 15) is 0 Å². The Labute approximate surface area is 94.1 Å². The number of ether oxygens (including phenoxy) is 1. The van der Waals surface area contributed by atoms with Crippen LogP contribution in [0.1, 0.15) is 27.2 Å². The molecule has 3 heteroatoms. The van der Waals surface area contributed by atoms with Crippen molar-refractivity contribution in [2.24, 2.45) is 0 Å². The Morgan fingerprint density at radius 1 is 1.33 bits per heavy atom. The molecule has 1 heterocycles. The maximum atomic E-state index is 6.19. The zero-order valence-electron chi connectivity index (χ0n) is 10.5. The van der Waals surface area contributed by atoms with E-state index in [0.717, 1.165) is 18.8 Å². The molecular weight excluding hydrogens is 204 g/mol. The largest absolute Gasteiger partial charge is 0.546 e. The minimum Gasteiger partial charge on any atom is -0.546 e. The first-order valence-corrected chi connectivity index (χ1v) is 8.40. The minimum absolute atomic E-state index is 0.255. The lowest BCUT2D eigenvalue weighted by Gasteiger charge is -2.37. The average Bonchev–Trinajstić information content (AvgIpc) is 2.30. The summed E-state index contributed by atoms with van der Waals surface area (Å²) in [6.45, 7) is 12.0. The molecule has 0 aromatic rings. The second kappa shape index (κ2) is 4.43. The zero-order chi connectivity index (χ0) is 11.5. The van der Waals surface area contributed by atoms with Crippen molar-refractivity contribution in [3.05, 3.63) is 24.2 Å². The highest BCUT2D eigenvalue weighted by Gasteiger charge is 2.39. The monoisotopic (exact) mass is 226 g/mol. The molecule has 0 spiro atoms. The van der Waals surface area contributed by atoms with Gasteiger partial charge in [-0.25, -0.2) is 0 Å². The van der Waals surface area contributed by atoms with E-state index in [4.69, 9.17) is 9.16 Å². The Morgan fingerprint density at radius 3 is 2.60 bits per heavy atom. The molecule has 0 saturated carbocycles. The molecule has 0 saturated heterocycles. The molecule has 1 rings (SSSR count). The highest BCUT2D eigenvalue weighted by Crippen LogP contribution is 2.38. The molecule has 0 atom stereocenters. The van der Waals surface area contributed by atoms with Gasteiger partial charge in [0.05, 0.1) is 18.6 Å². The predicted molar refractivity (Wildman–Crippen MR) is 66.1 cm³/mol.